The molecule has 0 aliphatic carbocycles. The maximum absolute atomic E-state index is 5.94. The fraction of sp³-hybridized carbons (Fsp3) is 0.706. The van der Waals surface area contributed by atoms with Gasteiger partial charge < -0.3 is 14.1 Å². The second-order valence-electron chi connectivity index (χ2n) is 5.96. The summed E-state index contributed by atoms with van der Waals surface area (Å²) in [6.07, 6.45) is 6.49. The minimum absolute atomic E-state index is 0.362. The molecule has 0 bridgehead atoms. The van der Waals surface area contributed by atoms with E-state index < -0.39 is 0 Å². The minimum Gasteiger partial charge on any atom is -0.464 e. The van der Waals surface area contributed by atoms with Gasteiger partial charge >= 0.3 is 5.95 Å². The molecular formula is C17H28N2O2. The average molecular weight is 292 g/mol. The lowest BCUT2D eigenvalue weighted by Crippen LogP contribution is -2.25. The lowest BCUT2D eigenvalue weighted by Gasteiger charge is -2.20. The number of likely N-dealkylation sites (N-methyl/N-ethyl adjacent to an activating group) is 1. The Labute approximate surface area is 128 Å². The van der Waals surface area contributed by atoms with Gasteiger partial charge in [0.15, 0.2) is 0 Å². The highest BCUT2D eigenvalue weighted by molar-refractivity contribution is 5.61. The predicted molar refractivity (Wildman–Crippen MR) is 85.7 cm³/mol. The fourth-order valence-corrected chi connectivity index (χ4v) is 2.42. The van der Waals surface area contributed by atoms with Crippen LogP contribution in [-0.4, -0.2) is 36.6 Å². The molecule has 2 rings (SSSR count). The van der Waals surface area contributed by atoms with E-state index in [1.165, 1.54) is 5.57 Å². The second kappa shape index (κ2) is 7.64. The largest absolute Gasteiger partial charge is 0.464 e. The van der Waals surface area contributed by atoms with E-state index in [0.29, 0.717) is 18.5 Å². The van der Waals surface area contributed by atoms with Crippen LogP contribution in [0.3, 0.4) is 0 Å². The van der Waals surface area contributed by atoms with Gasteiger partial charge in [0.2, 0.25) is 5.89 Å². The van der Waals surface area contributed by atoms with Crippen molar-refractivity contribution in [3.63, 3.8) is 0 Å². The third-order valence-electron chi connectivity index (χ3n) is 4.05. The first-order valence-corrected chi connectivity index (χ1v) is 8.17. The quantitative estimate of drug-likeness (QED) is 0.710. The van der Waals surface area contributed by atoms with Crippen LogP contribution >= 0.6 is 0 Å². The summed E-state index contributed by atoms with van der Waals surface area (Å²) in [6.45, 7) is 9.20. The highest BCUT2D eigenvalue weighted by Crippen LogP contribution is 2.32. The van der Waals surface area contributed by atoms with Crippen molar-refractivity contribution in [2.75, 3.05) is 26.7 Å². The van der Waals surface area contributed by atoms with Crippen molar-refractivity contribution in [3.8, 4) is 5.95 Å². The number of hydrogen-bond donors (Lipinski definition) is 0. The monoisotopic (exact) mass is 292 g/mol. The molecule has 118 valence electrons. The summed E-state index contributed by atoms with van der Waals surface area (Å²) < 4.78 is 11.8. The minimum atomic E-state index is 0.362. The fourth-order valence-electron chi connectivity index (χ4n) is 2.42. The summed E-state index contributed by atoms with van der Waals surface area (Å²) in [6, 6.07) is 0. The Balaban J connectivity index is 2.20. The van der Waals surface area contributed by atoms with Crippen LogP contribution in [0.4, 0.5) is 0 Å². The maximum Gasteiger partial charge on any atom is 0.309 e. The molecule has 2 heterocycles. The molecule has 1 atom stereocenters. The van der Waals surface area contributed by atoms with E-state index in [0.717, 1.165) is 50.4 Å². The van der Waals surface area contributed by atoms with Gasteiger partial charge in [0.1, 0.15) is 5.69 Å². The Bertz CT molecular complexity index is 479. The van der Waals surface area contributed by atoms with Crippen LogP contribution in [0.15, 0.2) is 10.5 Å². The second-order valence-corrected chi connectivity index (χ2v) is 5.96. The molecule has 1 aliphatic heterocycles. The van der Waals surface area contributed by atoms with Crippen LogP contribution in [-0.2, 0) is 0 Å². The molecule has 4 heteroatoms. The first-order chi connectivity index (χ1) is 10.2. The van der Waals surface area contributed by atoms with E-state index in [-0.39, 0.29) is 0 Å². The van der Waals surface area contributed by atoms with Crippen LogP contribution < -0.4 is 4.74 Å². The first kappa shape index (κ1) is 16.1. The summed E-state index contributed by atoms with van der Waals surface area (Å²) in [4.78, 5) is 7.02. The van der Waals surface area contributed by atoms with E-state index in [9.17, 15) is 0 Å². The van der Waals surface area contributed by atoms with Crippen molar-refractivity contribution in [1.82, 2.24) is 9.88 Å². The van der Waals surface area contributed by atoms with E-state index >= 15 is 0 Å². The van der Waals surface area contributed by atoms with Gasteiger partial charge in [-0.15, -0.1) is 0 Å². The van der Waals surface area contributed by atoms with E-state index in [2.05, 4.69) is 38.8 Å². The Kier molecular flexibility index (Phi) is 5.85. The number of aromatic nitrogens is 1. The zero-order chi connectivity index (χ0) is 15.2. The average Bonchev–Trinajstić information content (AvgIpc) is 2.91. The normalized spacial score (nSPS) is 17.6. The van der Waals surface area contributed by atoms with Crippen LogP contribution in [0.2, 0.25) is 0 Å². The van der Waals surface area contributed by atoms with E-state index in [1.54, 1.807) is 0 Å². The van der Waals surface area contributed by atoms with E-state index in [1.807, 2.05) is 0 Å². The molecule has 0 saturated heterocycles. The summed E-state index contributed by atoms with van der Waals surface area (Å²) in [5.74, 6) is 1.73. The lowest BCUT2D eigenvalue weighted by molar-refractivity contribution is 0.231. The van der Waals surface area contributed by atoms with Gasteiger partial charge in [-0.25, -0.2) is 4.98 Å². The predicted octanol–water partition coefficient (Wildman–Crippen LogP) is 4.09. The molecule has 21 heavy (non-hydrogen) atoms. The Morgan fingerprint density at radius 3 is 2.90 bits per heavy atom. The molecular weight excluding hydrogens is 264 g/mol. The van der Waals surface area contributed by atoms with Crippen molar-refractivity contribution < 1.29 is 9.15 Å². The van der Waals surface area contributed by atoms with Gasteiger partial charge in [-0.2, -0.15) is 0 Å². The molecule has 0 radical (unpaired) electrons. The number of ether oxygens (including phenoxy) is 1. The smallest absolute Gasteiger partial charge is 0.309 e. The van der Waals surface area contributed by atoms with Crippen LogP contribution in [0, 0.1) is 0 Å². The Morgan fingerprint density at radius 1 is 1.43 bits per heavy atom. The molecule has 0 aromatic carbocycles. The third kappa shape index (κ3) is 4.10. The third-order valence-corrected chi connectivity index (χ3v) is 4.05. The zero-order valence-corrected chi connectivity index (χ0v) is 13.8. The van der Waals surface area contributed by atoms with Crippen molar-refractivity contribution >= 4 is 5.57 Å². The number of rotatable bonds is 7. The summed E-state index contributed by atoms with van der Waals surface area (Å²) >= 11 is 0. The number of unbranched alkanes of at least 4 members (excludes halogenated alkanes) is 1. The van der Waals surface area contributed by atoms with Crippen LogP contribution in [0.1, 0.15) is 64.0 Å². The SMILES string of the molecule is CCCCOc1oc(C2=CCCN(C)C2)nc1[C@H](C)CC. The van der Waals surface area contributed by atoms with Gasteiger partial charge in [-0.05, 0) is 26.3 Å². The summed E-state index contributed by atoms with van der Waals surface area (Å²) in [5.41, 5.74) is 2.15. The van der Waals surface area contributed by atoms with Gasteiger partial charge in [0.05, 0.1) is 6.61 Å². The molecule has 0 unspecified atom stereocenters. The van der Waals surface area contributed by atoms with Crippen molar-refractivity contribution in [3.05, 3.63) is 17.7 Å². The van der Waals surface area contributed by atoms with Crippen LogP contribution in [0.5, 0.6) is 5.95 Å². The van der Waals surface area contributed by atoms with Crippen molar-refractivity contribution in [1.29, 1.82) is 0 Å². The van der Waals surface area contributed by atoms with Gasteiger partial charge in [0, 0.05) is 24.6 Å². The molecule has 0 saturated carbocycles. The highest BCUT2D eigenvalue weighted by Gasteiger charge is 2.22. The number of hydrogen-bond acceptors (Lipinski definition) is 4. The zero-order valence-electron chi connectivity index (χ0n) is 13.8. The van der Waals surface area contributed by atoms with Gasteiger partial charge in [0.25, 0.3) is 0 Å². The standard InChI is InChI=1S/C17H28N2O2/c1-5-7-11-20-17-15(13(3)6-2)18-16(21-17)14-9-8-10-19(4)12-14/h9,13H,5-8,10-12H2,1-4H3/t13-/m1/s1. The van der Waals surface area contributed by atoms with Gasteiger partial charge in [-0.1, -0.05) is 33.3 Å². The van der Waals surface area contributed by atoms with Crippen molar-refractivity contribution in [2.24, 2.45) is 0 Å². The number of nitrogens with zero attached hydrogens (tertiary/aromatic N) is 2. The molecule has 1 aromatic heterocycles. The molecule has 4 nitrogen and oxygen atoms in total. The molecule has 0 fully saturated rings. The molecule has 1 aromatic rings. The van der Waals surface area contributed by atoms with Crippen molar-refractivity contribution in [2.45, 2.75) is 52.4 Å². The first-order valence-electron chi connectivity index (χ1n) is 8.17. The molecule has 0 N–H and O–H groups in total. The topological polar surface area (TPSA) is 38.5 Å². The van der Waals surface area contributed by atoms with Gasteiger partial charge in [-0.3, -0.25) is 0 Å². The lowest BCUT2D eigenvalue weighted by atomic mass is 10.1. The van der Waals surface area contributed by atoms with E-state index in [4.69, 9.17) is 14.1 Å². The summed E-state index contributed by atoms with van der Waals surface area (Å²) in [5, 5.41) is 0. The summed E-state index contributed by atoms with van der Waals surface area (Å²) in [7, 11) is 2.13. The highest BCUT2D eigenvalue weighted by atomic mass is 16.6. The molecule has 1 aliphatic rings. The van der Waals surface area contributed by atoms with Crippen LogP contribution in [0.25, 0.3) is 5.57 Å². The Hall–Kier alpha value is -1.29. The maximum atomic E-state index is 5.94. The molecule has 0 spiro atoms. The molecule has 0 amide bonds. The number of oxazole rings is 1. The Morgan fingerprint density at radius 2 is 2.24 bits per heavy atom.